The summed E-state index contributed by atoms with van der Waals surface area (Å²) in [6, 6.07) is 0. The third-order valence-electron chi connectivity index (χ3n) is 1.17. The second-order valence-corrected chi connectivity index (χ2v) is 2.01. The molecule has 0 N–H and O–H groups in total. The minimum atomic E-state index is 0. The Balaban J connectivity index is -0.0000000556. The zero-order valence-corrected chi connectivity index (χ0v) is 9.54. The Hall–Kier alpha value is -0.300. The molecule has 2 rings (SSSR count). The second-order valence-electron chi connectivity index (χ2n) is 2.01. The van der Waals surface area contributed by atoms with Crippen LogP contribution in [0.15, 0.2) is 36.5 Å². The first-order valence-electron chi connectivity index (χ1n) is 3.43. The molecule has 0 saturated carbocycles. The van der Waals surface area contributed by atoms with Gasteiger partial charge in [-0.25, -0.2) is 24.3 Å². The third-order valence-corrected chi connectivity index (χ3v) is 1.17. The Bertz CT molecular complexity index is 154. The molecule has 0 atom stereocenters. The number of rotatable bonds is 0. The van der Waals surface area contributed by atoms with E-state index in [1.54, 1.807) is 0 Å². The van der Waals surface area contributed by atoms with Crippen molar-refractivity contribution in [2.45, 2.75) is 12.8 Å². The van der Waals surface area contributed by atoms with Crippen molar-refractivity contribution in [2.75, 3.05) is 0 Å². The van der Waals surface area contributed by atoms with Gasteiger partial charge in [0.05, 0.1) is 0 Å². The maximum atomic E-state index is 2.99. The predicted octanol–water partition coefficient (Wildman–Crippen LogP) is 2.95. The van der Waals surface area contributed by atoms with Crippen LogP contribution in [0.5, 0.6) is 0 Å². The van der Waals surface area contributed by atoms with Crippen molar-refractivity contribution in [1.29, 1.82) is 0 Å². The molecule has 2 aliphatic rings. The average Bonchev–Trinajstić information content (AvgIpc) is 2.67. The number of allylic oxidation sites excluding steroid dienone is 8. The van der Waals surface area contributed by atoms with Crippen LogP contribution in [0.2, 0.25) is 0 Å². The standard InChI is InChI=1S/2C5H5.Ta.3H/c2*1-2-4-5-3-1;;;;/h2*1-3H,4H2;;;;/q2*-1;+2;3*-1. The molecule has 0 spiro atoms. The van der Waals surface area contributed by atoms with Crippen molar-refractivity contribution in [3.8, 4) is 0 Å². The van der Waals surface area contributed by atoms with Crippen LogP contribution < -0.4 is 0 Å². The van der Waals surface area contributed by atoms with E-state index in [0.29, 0.717) is 0 Å². The first-order chi connectivity index (χ1) is 5.00. The average molecular weight is 314 g/mol. The molecule has 0 aromatic carbocycles. The van der Waals surface area contributed by atoms with Gasteiger partial charge in [0.1, 0.15) is 0 Å². The van der Waals surface area contributed by atoms with Crippen LogP contribution in [-0.2, 0) is 22.4 Å². The zero-order valence-electron chi connectivity index (χ0n) is 9.33. The van der Waals surface area contributed by atoms with E-state index in [2.05, 4.69) is 24.3 Å². The summed E-state index contributed by atoms with van der Waals surface area (Å²) in [5, 5.41) is 0. The van der Waals surface area contributed by atoms with Crippen molar-refractivity contribution in [2.24, 2.45) is 0 Å². The van der Waals surface area contributed by atoms with E-state index in [-0.39, 0.29) is 26.7 Å². The van der Waals surface area contributed by atoms with Crippen LogP contribution in [0, 0.1) is 12.2 Å². The van der Waals surface area contributed by atoms with E-state index in [9.17, 15) is 0 Å². The van der Waals surface area contributed by atoms with Crippen molar-refractivity contribution >= 4 is 0 Å². The number of hydrogen-bond acceptors (Lipinski definition) is 0. The van der Waals surface area contributed by atoms with Crippen LogP contribution in [-0.4, -0.2) is 0 Å². The summed E-state index contributed by atoms with van der Waals surface area (Å²) < 4.78 is 0. The fourth-order valence-corrected chi connectivity index (χ4v) is 0.680. The Kier molecular flexibility index (Phi) is 7.59. The summed E-state index contributed by atoms with van der Waals surface area (Å²) in [5.41, 5.74) is 0. The molecular weight excluding hydrogens is 301 g/mol. The topological polar surface area (TPSA) is 0 Å². The molecule has 0 aromatic heterocycles. The molecule has 0 saturated heterocycles. The molecular formula is C10H13Ta-3. The summed E-state index contributed by atoms with van der Waals surface area (Å²) >= 11 is 0. The molecule has 0 unspecified atom stereocenters. The van der Waals surface area contributed by atoms with E-state index in [4.69, 9.17) is 0 Å². The van der Waals surface area contributed by atoms with Crippen LogP contribution in [0.1, 0.15) is 17.1 Å². The third kappa shape index (κ3) is 6.11. The van der Waals surface area contributed by atoms with Gasteiger partial charge in [0.15, 0.2) is 0 Å². The maximum absolute atomic E-state index is 2.99. The van der Waals surface area contributed by atoms with Crippen LogP contribution in [0.25, 0.3) is 0 Å². The smallest absolute Gasteiger partial charge is 1.00 e. The molecule has 0 aromatic rings. The van der Waals surface area contributed by atoms with Gasteiger partial charge in [-0.05, 0) is 0 Å². The van der Waals surface area contributed by atoms with E-state index < -0.39 is 0 Å². The molecule has 1 radical (unpaired) electrons. The molecule has 0 amide bonds. The molecule has 0 aliphatic heterocycles. The summed E-state index contributed by atoms with van der Waals surface area (Å²) in [6.07, 6.45) is 20.0. The van der Waals surface area contributed by atoms with E-state index in [1.807, 2.05) is 24.3 Å². The summed E-state index contributed by atoms with van der Waals surface area (Å²) in [6.45, 7) is 0. The van der Waals surface area contributed by atoms with E-state index in [1.165, 1.54) is 0 Å². The molecule has 1 heteroatoms. The van der Waals surface area contributed by atoms with Gasteiger partial charge < -0.3 is 4.28 Å². The van der Waals surface area contributed by atoms with Crippen molar-refractivity contribution in [3.05, 3.63) is 48.6 Å². The molecule has 0 nitrogen and oxygen atoms in total. The molecule has 0 bridgehead atoms. The quantitative estimate of drug-likeness (QED) is 0.603. The van der Waals surface area contributed by atoms with Gasteiger partial charge in [-0.15, -0.1) is 12.8 Å². The van der Waals surface area contributed by atoms with E-state index in [0.717, 1.165) is 12.8 Å². The Morgan fingerprint density at radius 1 is 0.909 bits per heavy atom. The van der Waals surface area contributed by atoms with Gasteiger partial charge in [-0.3, -0.25) is 12.2 Å². The van der Waals surface area contributed by atoms with Gasteiger partial charge in [0.25, 0.3) is 0 Å². The largest absolute Gasteiger partial charge is 2.00 e. The second kappa shape index (κ2) is 7.80. The van der Waals surface area contributed by atoms with Crippen LogP contribution >= 0.6 is 0 Å². The first kappa shape index (κ1) is 10.7. The Morgan fingerprint density at radius 3 is 1.45 bits per heavy atom. The number of hydrogen-bond donors (Lipinski definition) is 0. The minimum Gasteiger partial charge on any atom is -1.00 e. The van der Waals surface area contributed by atoms with Gasteiger partial charge >= 0.3 is 22.4 Å². The summed E-state index contributed by atoms with van der Waals surface area (Å²) in [4.78, 5) is 0. The van der Waals surface area contributed by atoms with Crippen molar-refractivity contribution < 1.29 is 26.7 Å². The van der Waals surface area contributed by atoms with Crippen molar-refractivity contribution in [3.63, 3.8) is 0 Å². The minimum absolute atomic E-state index is 0. The van der Waals surface area contributed by atoms with Crippen molar-refractivity contribution in [1.82, 2.24) is 0 Å². The molecule has 0 heterocycles. The molecule has 11 heavy (non-hydrogen) atoms. The fourth-order valence-electron chi connectivity index (χ4n) is 0.680. The molecule has 61 valence electrons. The van der Waals surface area contributed by atoms with Gasteiger partial charge in [0, 0.05) is 0 Å². The van der Waals surface area contributed by atoms with Gasteiger partial charge in [0.2, 0.25) is 0 Å². The normalized spacial score (nSPS) is 16.0. The zero-order chi connectivity index (χ0) is 7.07. The first-order valence-corrected chi connectivity index (χ1v) is 3.43. The summed E-state index contributed by atoms with van der Waals surface area (Å²) in [7, 11) is 0. The Labute approximate surface area is 88.3 Å². The molecule has 0 fully saturated rings. The van der Waals surface area contributed by atoms with Gasteiger partial charge in [-0.2, -0.15) is 12.2 Å². The van der Waals surface area contributed by atoms with Gasteiger partial charge in [-0.1, -0.05) is 0 Å². The van der Waals surface area contributed by atoms with Crippen LogP contribution in [0.4, 0.5) is 0 Å². The van der Waals surface area contributed by atoms with E-state index >= 15 is 0 Å². The fraction of sp³-hybridized carbons (Fsp3) is 0.200. The monoisotopic (exact) mass is 314 g/mol. The Morgan fingerprint density at radius 2 is 1.36 bits per heavy atom. The SMILES string of the molecule is [C-]1=CC=CC1.[C-]1=CC=CC1.[H-].[H-].[H-].[Ta+2]. The predicted molar refractivity (Wildman–Crippen MR) is 46.5 cm³/mol. The molecule has 2 aliphatic carbocycles. The summed E-state index contributed by atoms with van der Waals surface area (Å²) in [5.74, 6) is 0. The van der Waals surface area contributed by atoms with Crippen LogP contribution in [0.3, 0.4) is 0 Å². The maximum Gasteiger partial charge on any atom is 2.00 e.